The van der Waals surface area contributed by atoms with Gasteiger partial charge in [-0.25, -0.2) is 0 Å². The second-order valence-electron chi connectivity index (χ2n) is 3.01. The van der Waals surface area contributed by atoms with Gasteiger partial charge in [0.1, 0.15) is 0 Å². The van der Waals surface area contributed by atoms with Crippen molar-refractivity contribution in [3.05, 3.63) is 21.9 Å². The van der Waals surface area contributed by atoms with Gasteiger partial charge in [-0.05, 0) is 36.9 Å². The summed E-state index contributed by atoms with van der Waals surface area (Å²) >= 11 is 1.83. The minimum atomic E-state index is 0.556. The molecule has 1 aromatic heterocycles. The van der Waals surface area contributed by atoms with E-state index in [-0.39, 0.29) is 0 Å². The molecule has 1 aromatic rings. The van der Waals surface area contributed by atoms with Gasteiger partial charge in [0.25, 0.3) is 0 Å². The first-order valence-electron chi connectivity index (χ1n) is 4.56. The number of rotatable bonds is 4. The molecule has 0 fully saturated rings. The summed E-state index contributed by atoms with van der Waals surface area (Å²) in [5.74, 6) is 0. The van der Waals surface area contributed by atoms with Gasteiger partial charge in [0.2, 0.25) is 0 Å². The summed E-state index contributed by atoms with van der Waals surface area (Å²) in [7, 11) is 0. The fraction of sp³-hybridized carbons (Fsp3) is 0.600. The van der Waals surface area contributed by atoms with E-state index in [9.17, 15) is 0 Å². The van der Waals surface area contributed by atoms with E-state index in [1.54, 1.807) is 0 Å². The third kappa shape index (κ3) is 2.32. The SMILES string of the molecule is CCNC(CC)c1csc(C)c1. The Balaban J connectivity index is 2.66. The number of hydrogen-bond donors (Lipinski definition) is 1. The molecule has 0 aromatic carbocycles. The second kappa shape index (κ2) is 4.63. The normalized spacial score (nSPS) is 13.2. The van der Waals surface area contributed by atoms with Gasteiger partial charge in [-0.3, -0.25) is 0 Å². The van der Waals surface area contributed by atoms with Gasteiger partial charge in [-0.15, -0.1) is 11.3 Å². The van der Waals surface area contributed by atoms with Crippen molar-refractivity contribution in [1.82, 2.24) is 5.32 Å². The highest BCUT2D eigenvalue weighted by molar-refractivity contribution is 7.10. The second-order valence-corrected chi connectivity index (χ2v) is 4.12. The van der Waals surface area contributed by atoms with Crippen LogP contribution in [0, 0.1) is 6.92 Å². The van der Waals surface area contributed by atoms with Gasteiger partial charge >= 0.3 is 0 Å². The maximum atomic E-state index is 3.47. The monoisotopic (exact) mass is 183 g/mol. The molecule has 1 nitrogen and oxygen atoms in total. The summed E-state index contributed by atoms with van der Waals surface area (Å²) in [4.78, 5) is 1.40. The van der Waals surface area contributed by atoms with E-state index in [0.29, 0.717) is 6.04 Å². The first-order valence-corrected chi connectivity index (χ1v) is 5.44. The van der Waals surface area contributed by atoms with Gasteiger partial charge in [0, 0.05) is 10.9 Å². The van der Waals surface area contributed by atoms with Gasteiger partial charge in [-0.1, -0.05) is 13.8 Å². The van der Waals surface area contributed by atoms with Crippen molar-refractivity contribution in [3.63, 3.8) is 0 Å². The zero-order valence-electron chi connectivity index (χ0n) is 8.05. The maximum Gasteiger partial charge on any atom is 0.0325 e. The molecule has 0 spiro atoms. The largest absolute Gasteiger partial charge is 0.310 e. The number of hydrogen-bond acceptors (Lipinski definition) is 2. The van der Waals surface area contributed by atoms with Crippen LogP contribution in [0.4, 0.5) is 0 Å². The zero-order chi connectivity index (χ0) is 8.97. The topological polar surface area (TPSA) is 12.0 Å². The lowest BCUT2D eigenvalue weighted by Gasteiger charge is -2.13. The van der Waals surface area contributed by atoms with Crippen LogP contribution in [0.5, 0.6) is 0 Å². The Morgan fingerprint density at radius 3 is 2.67 bits per heavy atom. The third-order valence-electron chi connectivity index (χ3n) is 2.01. The minimum absolute atomic E-state index is 0.556. The Kier molecular flexibility index (Phi) is 3.76. The average Bonchev–Trinajstić information content (AvgIpc) is 2.47. The van der Waals surface area contributed by atoms with Crippen molar-refractivity contribution >= 4 is 11.3 Å². The molecule has 2 heteroatoms. The number of nitrogens with one attached hydrogen (secondary N) is 1. The van der Waals surface area contributed by atoms with Gasteiger partial charge in [0.15, 0.2) is 0 Å². The highest BCUT2D eigenvalue weighted by atomic mass is 32.1. The van der Waals surface area contributed by atoms with Crippen LogP contribution in [0.25, 0.3) is 0 Å². The quantitative estimate of drug-likeness (QED) is 0.756. The van der Waals surface area contributed by atoms with Crippen LogP contribution in [0.2, 0.25) is 0 Å². The molecule has 12 heavy (non-hydrogen) atoms. The molecule has 1 N–H and O–H groups in total. The summed E-state index contributed by atoms with van der Waals surface area (Å²) in [6, 6.07) is 2.83. The predicted molar refractivity (Wildman–Crippen MR) is 55.8 cm³/mol. The molecule has 1 rings (SSSR count). The van der Waals surface area contributed by atoms with Crippen LogP contribution in [0.15, 0.2) is 11.4 Å². The van der Waals surface area contributed by atoms with Gasteiger partial charge in [0.05, 0.1) is 0 Å². The fourth-order valence-electron chi connectivity index (χ4n) is 1.39. The molecule has 1 heterocycles. The van der Waals surface area contributed by atoms with Gasteiger partial charge in [-0.2, -0.15) is 0 Å². The highest BCUT2D eigenvalue weighted by Gasteiger charge is 2.07. The lowest BCUT2D eigenvalue weighted by Crippen LogP contribution is -2.19. The van der Waals surface area contributed by atoms with E-state index >= 15 is 0 Å². The smallest absolute Gasteiger partial charge is 0.0325 e. The lowest BCUT2D eigenvalue weighted by atomic mass is 10.1. The van der Waals surface area contributed by atoms with Crippen molar-refractivity contribution in [1.29, 1.82) is 0 Å². The van der Waals surface area contributed by atoms with Crippen molar-refractivity contribution < 1.29 is 0 Å². The van der Waals surface area contributed by atoms with Crippen molar-refractivity contribution in [2.75, 3.05) is 6.54 Å². The van der Waals surface area contributed by atoms with Crippen LogP contribution in [-0.2, 0) is 0 Å². The summed E-state index contributed by atoms with van der Waals surface area (Å²) < 4.78 is 0. The Labute approximate surface area is 78.8 Å². The zero-order valence-corrected chi connectivity index (χ0v) is 8.87. The van der Waals surface area contributed by atoms with Crippen LogP contribution in [-0.4, -0.2) is 6.54 Å². The van der Waals surface area contributed by atoms with E-state index in [1.165, 1.54) is 16.9 Å². The van der Waals surface area contributed by atoms with Crippen LogP contribution >= 0.6 is 11.3 Å². The van der Waals surface area contributed by atoms with E-state index in [0.717, 1.165) is 6.54 Å². The lowest BCUT2D eigenvalue weighted by molar-refractivity contribution is 0.539. The molecule has 0 saturated heterocycles. The third-order valence-corrected chi connectivity index (χ3v) is 2.89. The Hall–Kier alpha value is -0.340. The summed E-state index contributed by atoms with van der Waals surface area (Å²) in [6.45, 7) is 7.59. The molecule has 68 valence electrons. The molecule has 0 aliphatic heterocycles. The van der Waals surface area contributed by atoms with Crippen LogP contribution in [0.1, 0.15) is 36.8 Å². The average molecular weight is 183 g/mol. The van der Waals surface area contributed by atoms with E-state index in [4.69, 9.17) is 0 Å². The summed E-state index contributed by atoms with van der Waals surface area (Å²) in [5, 5.41) is 5.72. The van der Waals surface area contributed by atoms with E-state index < -0.39 is 0 Å². The molecular weight excluding hydrogens is 166 g/mol. The van der Waals surface area contributed by atoms with E-state index in [1.807, 2.05) is 11.3 Å². The summed E-state index contributed by atoms with van der Waals surface area (Å²) in [5.41, 5.74) is 1.45. The molecular formula is C10H17NS. The molecule has 0 aliphatic carbocycles. The maximum absolute atomic E-state index is 3.47. The molecule has 0 radical (unpaired) electrons. The molecule has 1 atom stereocenters. The fourth-order valence-corrected chi connectivity index (χ4v) is 2.15. The van der Waals surface area contributed by atoms with Crippen LogP contribution < -0.4 is 5.32 Å². The minimum Gasteiger partial charge on any atom is -0.310 e. The molecule has 0 saturated carbocycles. The molecule has 1 unspecified atom stereocenters. The van der Waals surface area contributed by atoms with E-state index in [2.05, 4.69) is 37.5 Å². The molecule has 0 bridgehead atoms. The van der Waals surface area contributed by atoms with Crippen molar-refractivity contribution in [2.24, 2.45) is 0 Å². The Morgan fingerprint density at radius 1 is 1.50 bits per heavy atom. The number of thiophene rings is 1. The first kappa shape index (κ1) is 9.75. The predicted octanol–water partition coefficient (Wildman–Crippen LogP) is 3.12. The number of aryl methyl sites for hydroxylation is 1. The Bertz CT molecular complexity index is 229. The first-order chi connectivity index (χ1) is 5.77. The highest BCUT2D eigenvalue weighted by Crippen LogP contribution is 2.22. The Morgan fingerprint density at radius 2 is 2.25 bits per heavy atom. The van der Waals surface area contributed by atoms with Crippen LogP contribution in [0.3, 0.4) is 0 Å². The van der Waals surface area contributed by atoms with Crippen molar-refractivity contribution in [2.45, 2.75) is 33.2 Å². The summed E-state index contributed by atoms with van der Waals surface area (Å²) in [6.07, 6.45) is 1.17. The van der Waals surface area contributed by atoms with Crippen molar-refractivity contribution in [3.8, 4) is 0 Å². The standard InChI is InChI=1S/C10H17NS/c1-4-10(11-5-2)9-6-8(3)12-7-9/h6-7,10-11H,4-5H2,1-3H3. The molecule has 0 amide bonds. The molecule has 0 aliphatic rings. The van der Waals surface area contributed by atoms with Gasteiger partial charge < -0.3 is 5.32 Å².